The number of nitrogens with zero attached hydrogens (tertiary/aromatic N) is 2. The van der Waals surface area contributed by atoms with E-state index in [1.165, 1.54) is 22.7 Å². The maximum absolute atomic E-state index is 12.2. The Morgan fingerprint density at radius 3 is 2.53 bits per heavy atom. The zero-order valence-electron chi connectivity index (χ0n) is 11.0. The summed E-state index contributed by atoms with van der Waals surface area (Å²) in [6, 6.07) is 10.8. The van der Waals surface area contributed by atoms with Gasteiger partial charge in [-0.25, -0.2) is 4.98 Å². The molecule has 19 heavy (non-hydrogen) atoms. The third kappa shape index (κ3) is 2.73. The van der Waals surface area contributed by atoms with E-state index in [4.69, 9.17) is 0 Å². The van der Waals surface area contributed by atoms with Crippen LogP contribution in [-0.4, -0.2) is 23.0 Å². The van der Waals surface area contributed by atoms with Gasteiger partial charge in [0.2, 0.25) is 0 Å². The lowest BCUT2D eigenvalue weighted by atomic mass is 10.1. The maximum Gasteiger partial charge on any atom is 0.280 e. The maximum atomic E-state index is 12.2. The largest absolute Gasteiger partial charge is 0.505 e. The van der Waals surface area contributed by atoms with Gasteiger partial charge in [0.05, 0.1) is 0 Å². The van der Waals surface area contributed by atoms with Gasteiger partial charge in [0.15, 0.2) is 5.69 Å². The van der Waals surface area contributed by atoms with Crippen molar-refractivity contribution in [1.29, 1.82) is 0 Å². The molecule has 1 heterocycles. The Kier molecular flexibility index (Phi) is 3.80. The Morgan fingerprint density at radius 1 is 1.26 bits per heavy atom. The van der Waals surface area contributed by atoms with Crippen molar-refractivity contribution in [3.8, 4) is 5.75 Å². The standard InChI is InChI=1S/C15H16N2O2/c1-3-11-6-8-12(9-7-11)17(2)15(19)14-13(18)5-4-10-16-14/h4-10,18H,3H2,1-2H3. The topological polar surface area (TPSA) is 53.4 Å². The molecular formula is C15H16N2O2. The van der Waals surface area contributed by atoms with Crippen LogP contribution in [0.3, 0.4) is 0 Å². The molecule has 0 fully saturated rings. The van der Waals surface area contributed by atoms with Crippen LogP contribution in [0.2, 0.25) is 0 Å². The second-order valence-electron chi connectivity index (χ2n) is 4.26. The molecule has 0 radical (unpaired) electrons. The number of carbonyl (C=O) groups excluding carboxylic acids is 1. The average Bonchev–Trinajstić information content (AvgIpc) is 2.46. The number of benzene rings is 1. The van der Waals surface area contributed by atoms with Crippen LogP contribution in [-0.2, 0) is 6.42 Å². The molecule has 0 atom stereocenters. The second-order valence-corrected chi connectivity index (χ2v) is 4.26. The lowest BCUT2D eigenvalue weighted by molar-refractivity contribution is 0.0985. The van der Waals surface area contributed by atoms with Crippen molar-refractivity contribution in [3.05, 3.63) is 53.9 Å². The molecule has 0 aliphatic rings. The number of aromatic hydroxyl groups is 1. The lowest BCUT2D eigenvalue weighted by Crippen LogP contribution is -2.27. The fourth-order valence-corrected chi connectivity index (χ4v) is 1.79. The summed E-state index contributed by atoms with van der Waals surface area (Å²) in [6.07, 6.45) is 2.44. The van der Waals surface area contributed by atoms with E-state index < -0.39 is 0 Å². The number of carbonyl (C=O) groups is 1. The number of amides is 1. The summed E-state index contributed by atoms with van der Waals surface area (Å²) >= 11 is 0. The predicted molar refractivity (Wildman–Crippen MR) is 74.5 cm³/mol. The highest BCUT2D eigenvalue weighted by molar-refractivity contribution is 6.06. The van der Waals surface area contributed by atoms with Gasteiger partial charge in [-0.1, -0.05) is 19.1 Å². The van der Waals surface area contributed by atoms with Crippen LogP contribution in [0.25, 0.3) is 0 Å². The van der Waals surface area contributed by atoms with Gasteiger partial charge in [0, 0.05) is 18.9 Å². The highest BCUT2D eigenvalue weighted by Crippen LogP contribution is 2.20. The van der Waals surface area contributed by atoms with Gasteiger partial charge in [0.1, 0.15) is 5.75 Å². The van der Waals surface area contributed by atoms with Crippen molar-refractivity contribution in [3.63, 3.8) is 0 Å². The molecule has 2 aromatic rings. The van der Waals surface area contributed by atoms with E-state index in [9.17, 15) is 9.90 Å². The Balaban J connectivity index is 2.26. The molecule has 0 aliphatic heterocycles. The fourth-order valence-electron chi connectivity index (χ4n) is 1.79. The molecule has 1 aromatic carbocycles. The third-order valence-corrected chi connectivity index (χ3v) is 3.03. The molecule has 4 heteroatoms. The van der Waals surface area contributed by atoms with E-state index in [-0.39, 0.29) is 17.4 Å². The van der Waals surface area contributed by atoms with Crippen molar-refractivity contribution in [2.24, 2.45) is 0 Å². The number of hydrogen-bond donors (Lipinski definition) is 1. The van der Waals surface area contributed by atoms with Crippen LogP contribution in [0.5, 0.6) is 5.75 Å². The molecular weight excluding hydrogens is 240 g/mol. The van der Waals surface area contributed by atoms with Crippen molar-refractivity contribution < 1.29 is 9.90 Å². The van der Waals surface area contributed by atoms with E-state index in [1.54, 1.807) is 13.1 Å². The summed E-state index contributed by atoms with van der Waals surface area (Å²) in [6.45, 7) is 2.08. The van der Waals surface area contributed by atoms with E-state index in [0.717, 1.165) is 12.1 Å². The van der Waals surface area contributed by atoms with Gasteiger partial charge in [0.25, 0.3) is 5.91 Å². The number of hydrogen-bond acceptors (Lipinski definition) is 3. The van der Waals surface area contributed by atoms with Crippen molar-refractivity contribution in [2.45, 2.75) is 13.3 Å². The Labute approximate surface area is 112 Å². The highest BCUT2D eigenvalue weighted by atomic mass is 16.3. The first-order valence-corrected chi connectivity index (χ1v) is 6.14. The van der Waals surface area contributed by atoms with Crippen LogP contribution >= 0.6 is 0 Å². The molecule has 0 unspecified atom stereocenters. The Morgan fingerprint density at radius 2 is 1.95 bits per heavy atom. The van der Waals surface area contributed by atoms with Gasteiger partial charge in [-0.3, -0.25) is 4.79 Å². The van der Waals surface area contributed by atoms with E-state index in [1.807, 2.05) is 24.3 Å². The molecule has 0 aliphatic carbocycles. The second kappa shape index (κ2) is 5.52. The molecule has 4 nitrogen and oxygen atoms in total. The van der Waals surface area contributed by atoms with Crippen LogP contribution in [0, 0.1) is 0 Å². The molecule has 0 bridgehead atoms. The minimum Gasteiger partial charge on any atom is -0.505 e. The summed E-state index contributed by atoms with van der Waals surface area (Å²) < 4.78 is 0. The van der Waals surface area contributed by atoms with Gasteiger partial charge in [-0.15, -0.1) is 0 Å². The van der Waals surface area contributed by atoms with Gasteiger partial charge >= 0.3 is 0 Å². The molecule has 2 rings (SSSR count). The first kappa shape index (κ1) is 13.1. The van der Waals surface area contributed by atoms with Gasteiger partial charge in [-0.05, 0) is 36.2 Å². The van der Waals surface area contributed by atoms with Gasteiger partial charge in [-0.2, -0.15) is 0 Å². The summed E-state index contributed by atoms with van der Waals surface area (Å²) in [4.78, 5) is 17.6. The molecule has 1 N–H and O–H groups in total. The van der Waals surface area contributed by atoms with E-state index in [2.05, 4.69) is 11.9 Å². The number of aromatic nitrogens is 1. The molecule has 1 aromatic heterocycles. The zero-order chi connectivity index (χ0) is 13.8. The molecule has 0 spiro atoms. The summed E-state index contributed by atoms with van der Waals surface area (Å²) in [5.41, 5.74) is 2.04. The summed E-state index contributed by atoms with van der Waals surface area (Å²) in [5.74, 6) is -0.438. The Hall–Kier alpha value is -2.36. The quantitative estimate of drug-likeness (QED) is 0.918. The predicted octanol–water partition coefficient (Wildman–Crippen LogP) is 2.63. The highest BCUT2D eigenvalue weighted by Gasteiger charge is 2.18. The van der Waals surface area contributed by atoms with Crippen LogP contribution in [0.4, 0.5) is 5.69 Å². The van der Waals surface area contributed by atoms with E-state index in [0.29, 0.717) is 0 Å². The van der Waals surface area contributed by atoms with Gasteiger partial charge < -0.3 is 10.0 Å². The molecule has 1 amide bonds. The van der Waals surface area contributed by atoms with Crippen molar-refractivity contribution in [1.82, 2.24) is 4.98 Å². The smallest absolute Gasteiger partial charge is 0.280 e. The van der Waals surface area contributed by atoms with Crippen LogP contribution in [0.1, 0.15) is 23.0 Å². The average molecular weight is 256 g/mol. The lowest BCUT2D eigenvalue weighted by Gasteiger charge is -2.17. The SMILES string of the molecule is CCc1ccc(N(C)C(=O)c2ncccc2O)cc1. The van der Waals surface area contributed by atoms with Crippen LogP contribution < -0.4 is 4.90 Å². The number of rotatable bonds is 3. The molecule has 0 saturated heterocycles. The number of aryl methyl sites for hydroxylation is 1. The minimum atomic E-state index is -0.331. The third-order valence-electron chi connectivity index (χ3n) is 3.03. The first-order chi connectivity index (χ1) is 9.13. The molecule has 98 valence electrons. The van der Waals surface area contributed by atoms with Crippen molar-refractivity contribution in [2.75, 3.05) is 11.9 Å². The normalized spacial score (nSPS) is 10.2. The Bertz CT molecular complexity index is 579. The minimum absolute atomic E-state index is 0.0598. The van der Waals surface area contributed by atoms with Crippen molar-refractivity contribution >= 4 is 11.6 Å². The van der Waals surface area contributed by atoms with E-state index >= 15 is 0 Å². The van der Waals surface area contributed by atoms with Crippen LogP contribution in [0.15, 0.2) is 42.6 Å². The number of anilines is 1. The summed E-state index contributed by atoms with van der Waals surface area (Å²) in [5, 5.41) is 9.65. The fraction of sp³-hybridized carbons (Fsp3) is 0.200. The first-order valence-electron chi connectivity index (χ1n) is 6.14. The monoisotopic (exact) mass is 256 g/mol. The zero-order valence-corrected chi connectivity index (χ0v) is 11.0. The molecule has 0 saturated carbocycles. The summed E-state index contributed by atoms with van der Waals surface area (Å²) in [7, 11) is 1.66. The number of pyridine rings is 1.